The summed E-state index contributed by atoms with van der Waals surface area (Å²) in [6, 6.07) is 24.0. The normalized spacial score (nSPS) is 17.4. The number of nitrogens with zero attached hydrogens (tertiary/aromatic N) is 3. The second kappa shape index (κ2) is 9.44. The standard InChI is InChI=1S/C26H21ClN4O2S/c1-16(24(32)29-21-14-8-6-12-19(21)27)34-26-30-20-13-7-5-11-18(20)23-28-22(25(33)31(23)26)15-17-9-3-2-4-10-17/h2-14,16,22H,15H2,1H3,(H,29,32). The molecule has 2 unspecified atom stereocenters. The maximum absolute atomic E-state index is 13.5. The first kappa shape index (κ1) is 22.4. The highest BCUT2D eigenvalue weighted by molar-refractivity contribution is 8.15. The number of amidine groups is 2. The van der Waals surface area contributed by atoms with Gasteiger partial charge >= 0.3 is 0 Å². The third-order valence-corrected chi connectivity index (χ3v) is 6.98. The van der Waals surface area contributed by atoms with Gasteiger partial charge in [0.2, 0.25) is 5.91 Å². The molecule has 2 atom stereocenters. The molecule has 34 heavy (non-hydrogen) atoms. The summed E-state index contributed by atoms with van der Waals surface area (Å²) >= 11 is 7.41. The van der Waals surface area contributed by atoms with Crippen LogP contribution in [0.4, 0.5) is 11.4 Å². The molecule has 2 aliphatic rings. The SMILES string of the molecule is CC(SC1=Nc2ccccc2C2=NC(Cc3ccccc3)C(=O)N12)C(=O)Nc1ccccc1Cl. The summed E-state index contributed by atoms with van der Waals surface area (Å²) in [6.07, 6.45) is 0.502. The molecule has 0 saturated heterocycles. The summed E-state index contributed by atoms with van der Waals surface area (Å²) in [5.41, 5.74) is 3.12. The molecule has 1 N–H and O–H groups in total. The lowest BCUT2D eigenvalue weighted by atomic mass is 10.1. The van der Waals surface area contributed by atoms with Crippen LogP contribution in [0.3, 0.4) is 0 Å². The van der Waals surface area contributed by atoms with Crippen molar-refractivity contribution in [3.05, 3.63) is 95.0 Å². The van der Waals surface area contributed by atoms with Gasteiger partial charge in [0, 0.05) is 12.0 Å². The molecule has 3 aromatic carbocycles. The van der Waals surface area contributed by atoms with Crippen LogP contribution in [0.5, 0.6) is 0 Å². The third kappa shape index (κ3) is 4.36. The third-order valence-electron chi connectivity index (χ3n) is 5.60. The van der Waals surface area contributed by atoms with E-state index in [9.17, 15) is 9.59 Å². The van der Waals surface area contributed by atoms with E-state index in [2.05, 4.69) is 5.32 Å². The van der Waals surface area contributed by atoms with Crippen LogP contribution in [0.1, 0.15) is 18.1 Å². The molecule has 2 heterocycles. The summed E-state index contributed by atoms with van der Waals surface area (Å²) in [6.45, 7) is 1.78. The predicted molar refractivity (Wildman–Crippen MR) is 138 cm³/mol. The fraction of sp³-hybridized carbons (Fsp3) is 0.154. The van der Waals surface area contributed by atoms with Gasteiger partial charge in [-0.25, -0.2) is 9.89 Å². The minimum Gasteiger partial charge on any atom is -0.324 e. The van der Waals surface area contributed by atoms with Gasteiger partial charge in [0.05, 0.1) is 21.6 Å². The number of aliphatic imine (C=N–C) groups is 2. The first-order valence-corrected chi connectivity index (χ1v) is 12.1. The number of fused-ring (bicyclic) bond motifs is 3. The Bertz CT molecular complexity index is 1330. The number of carbonyl (C=O) groups is 2. The molecule has 2 amide bonds. The van der Waals surface area contributed by atoms with Crippen molar-refractivity contribution in [3.8, 4) is 0 Å². The molecule has 6 nitrogen and oxygen atoms in total. The summed E-state index contributed by atoms with van der Waals surface area (Å²) < 4.78 is 0. The van der Waals surface area contributed by atoms with E-state index in [1.165, 1.54) is 11.8 Å². The number of rotatable bonds is 5. The Hall–Kier alpha value is -3.42. The highest BCUT2D eigenvalue weighted by Crippen LogP contribution is 2.35. The van der Waals surface area contributed by atoms with Crippen LogP contribution in [0.25, 0.3) is 0 Å². The van der Waals surface area contributed by atoms with Crippen molar-refractivity contribution in [2.45, 2.75) is 24.6 Å². The monoisotopic (exact) mass is 488 g/mol. The Morgan fingerprint density at radius 3 is 2.56 bits per heavy atom. The van der Waals surface area contributed by atoms with Crippen LogP contribution < -0.4 is 5.32 Å². The maximum atomic E-state index is 13.5. The van der Waals surface area contributed by atoms with Gasteiger partial charge in [0.15, 0.2) is 5.17 Å². The van der Waals surface area contributed by atoms with E-state index in [1.54, 1.807) is 36.1 Å². The fourth-order valence-electron chi connectivity index (χ4n) is 3.86. The lowest BCUT2D eigenvalue weighted by Gasteiger charge is -2.27. The molecule has 0 spiro atoms. The Labute approximate surface area is 206 Å². The molecule has 3 aromatic rings. The summed E-state index contributed by atoms with van der Waals surface area (Å²) in [4.78, 5) is 37.4. The van der Waals surface area contributed by atoms with E-state index in [0.717, 1.165) is 16.8 Å². The molecule has 0 radical (unpaired) electrons. The lowest BCUT2D eigenvalue weighted by Crippen LogP contribution is -2.42. The Balaban J connectivity index is 1.41. The summed E-state index contributed by atoms with van der Waals surface area (Å²) in [7, 11) is 0. The first-order valence-electron chi connectivity index (χ1n) is 10.9. The van der Waals surface area contributed by atoms with E-state index in [-0.39, 0.29) is 11.8 Å². The van der Waals surface area contributed by atoms with Gasteiger partial charge in [-0.05, 0) is 36.8 Å². The summed E-state index contributed by atoms with van der Waals surface area (Å²) in [5.74, 6) is 0.210. The molecule has 0 saturated carbocycles. The zero-order valence-electron chi connectivity index (χ0n) is 18.3. The van der Waals surface area contributed by atoms with Gasteiger partial charge < -0.3 is 5.32 Å². The van der Waals surface area contributed by atoms with Crippen molar-refractivity contribution < 1.29 is 9.59 Å². The minimum absolute atomic E-state index is 0.140. The van der Waals surface area contributed by atoms with Crippen molar-refractivity contribution in [2.75, 3.05) is 5.32 Å². The topological polar surface area (TPSA) is 74.1 Å². The second-order valence-electron chi connectivity index (χ2n) is 7.97. The number of amides is 2. The molecule has 0 bridgehead atoms. The average molecular weight is 489 g/mol. The quantitative estimate of drug-likeness (QED) is 0.529. The molecule has 0 fully saturated rings. The van der Waals surface area contributed by atoms with Crippen molar-refractivity contribution >= 4 is 57.6 Å². The van der Waals surface area contributed by atoms with Gasteiger partial charge in [0.25, 0.3) is 5.91 Å². The van der Waals surface area contributed by atoms with Crippen molar-refractivity contribution in [3.63, 3.8) is 0 Å². The smallest absolute Gasteiger partial charge is 0.259 e. The minimum atomic E-state index is -0.540. The van der Waals surface area contributed by atoms with E-state index >= 15 is 0 Å². The number of thioether (sulfide) groups is 1. The number of hydrogen-bond donors (Lipinski definition) is 1. The summed E-state index contributed by atoms with van der Waals surface area (Å²) in [5, 5.41) is 3.23. The molecular formula is C26H21ClN4O2S. The number of nitrogens with one attached hydrogen (secondary N) is 1. The van der Waals surface area contributed by atoms with Crippen LogP contribution in [-0.2, 0) is 16.0 Å². The largest absolute Gasteiger partial charge is 0.324 e. The van der Waals surface area contributed by atoms with Crippen LogP contribution in [0, 0.1) is 0 Å². The van der Waals surface area contributed by atoms with E-state index in [0.29, 0.717) is 28.1 Å². The van der Waals surface area contributed by atoms with Crippen molar-refractivity contribution in [1.82, 2.24) is 4.90 Å². The van der Waals surface area contributed by atoms with Gasteiger partial charge in [-0.15, -0.1) is 0 Å². The Morgan fingerprint density at radius 1 is 1.06 bits per heavy atom. The maximum Gasteiger partial charge on any atom is 0.259 e. The number of para-hydroxylation sites is 2. The number of benzene rings is 3. The van der Waals surface area contributed by atoms with Gasteiger partial charge in [-0.1, -0.05) is 78.0 Å². The molecule has 2 aliphatic heterocycles. The highest BCUT2D eigenvalue weighted by Gasteiger charge is 2.42. The van der Waals surface area contributed by atoms with E-state index in [1.807, 2.05) is 54.6 Å². The lowest BCUT2D eigenvalue weighted by molar-refractivity contribution is -0.124. The highest BCUT2D eigenvalue weighted by atomic mass is 35.5. The van der Waals surface area contributed by atoms with Crippen LogP contribution in [0.15, 0.2) is 88.8 Å². The zero-order chi connectivity index (χ0) is 23.7. The zero-order valence-corrected chi connectivity index (χ0v) is 19.9. The predicted octanol–water partition coefficient (Wildman–Crippen LogP) is 5.30. The fourth-order valence-corrected chi connectivity index (χ4v) is 4.96. The molecule has 8 heteroatoms. The van der Waals surface area contributed by atoms with Crippen LogP contribution in [0.2, 0.25) is 5.02 Å². The second-order valence-corrected chi connectivity index (χ2v) is 9.69. The van der Waals surface area contributed by atoms with Gasteiger partial charge in [0.1, 0.15) is 11.9 Å². The van der Waals surface area contributed by atoms with Gasteiger partial charge in [-0.2, -0.15) is 0 Å². The van der Waals surface area contributed by atoms with E-state index < -0.39 is 11.3 Å². The number of carbonyl (C=O) groups excluding carboxylic acids is 2. The van der Waals surface area contributed by atoms with Crippen LogP contribution >= 0.6 is 23.4 Å². The van der Waals surface area contributed by atoms with Gasteiger partial charge in [-0.3, -0.25) is 14.6 Å². The van der Waals surface area contributed by atoms with E-state index in [4.69, 9.17) is 21.6 Å². The van der Waals surface area contributed by atoms with Crippen LogP contribution in [-0.4, -0.2) is 39.0 Å². The number of anilines is 1. The molecule has 0 aromatic heterocycles. The number of hydrogen-bond acceptors (Lipinski definition) is 5. The molecule has 0 aliphatic carbocycles. The number of halogens is 1. The molecular weight excluding hydrogens is 468 g/mol. The average Bonchev–Trinajstić information content (AvgIpc) is 3.17. The molecule has 5 rings (SSSR count). The Morgan fingerprint density at radius 2 is 1.76 bits per heavy atom. The molecule has 170 valence electrons. The van der Waals surface area contributed by atoms with Crippen molar-refractivity contribution in [2.24, 2.45) is 9.98 Å². The van der Waals surface area contributed by atoms with Crippen molar-refractivity contribution in [1.29, 1.82) is 0 Å². The Kier molecular flexibility index (Phi) is 6.22. The first-order chi connectivity index (χ1) is 16.5.